The Balaban J connectivity index is 2.12. The number of hydrogen-bond acceptors (Lipinski definition) is 3. The summed E-state index contributed by atoms with van der Waals surface area (Å²) < 4.78 is 16.9. The van der Waals surface area contributed by atoms with E-state index in [-0.39, 0.29) is 11.2 Å². The number of fused-ring (bicyclic) bond motifs is 1. The summed E-state index contributed by atoms with van der Waals surface area (Å²) in [5.74, 6) is -0.0170. The fourth-order valence-corrected chi connectivity index (χ4v) is 2.34. The molecule has 0 amide bonds. The van der Waals surface area contributed by atoms with Gasteiger partial charge in [0.2, 0.25) is 0 Å². The fourth-order valence-electron chi connectivity index (χ4n) is 2.34. The van der Waals surface area contributed by atoms with Crippen molar-refractivity contribution in [2.75, 3.05) is 0 Å². The highest BCUT2D eigenvalue weighted by atomic mass is 19.1. The van der Waals surface area contributed by atoms with Crippen LogP contribution in [0, 0.1) is 11.7 Å². The van der Waals surface area contributed by atoms with E-state index in [0.29, 0.717) is 23.5 Å². The van der Waals surface area contributed by atoms with Crippen LogP contribution in [0.1, 0.15) is 20.3 Å². The number of rotatable bonds is 4. The standard InChI is InChI=1S/C16H17FN4O/c1-3-11(2)9-20-10-18-15-12(16(20)22)8-19-21(15)14-7-5-4-6-13(14)17/h4-8,10-11H,3,9H2,1-2H3. The summed E-state index contributed by atoms with van der Waals surface area (Å²) >= 11 is 0. The lowest BCUT2D eigenvalue weighted by Crippen LogP contribution is -2.23. The van der Waals surface area contributed by atoms with Gasteiger partial charge in [-0.3, -0.25) is 9.36 Å². The van der Waals surface area contributed by atoms with Gasteiger partial charge in [0.05, 0.1) is 12.5 Å². The van der Waals surface area contributed by atoms with Crippen molar-refractivity contribution in [3.05, 3.63) is 53.0 Å². The Morgan fingerprint density at radius 2 is 2.09 bits per heavy atom. The first-order valence-electron chi connectivity index (χ1n) is 7.30. The summed E-state index contributed by atoms with van der Waals surface area (Å²) in [5.41, 5.74) is 0.507. The molecule has 1 unspecified atom stereocenters. The van der Waals surface area contributed by atoms with Gasteiger partial charge in [-0.1, -0.05) is 32.4 Å². The fraction of sp³-hybridized carbons (Fsp3) is 0.312. The molecule has 6 heteroatoms. The molecule has 0 N–H and O–H groups in total. The largest absolute Gasteiger partial charge is 0.298 e. The highest BCUT2D eigenvalue weighted by molar-refractivity contribution is 5.74. The Bertz CT molecular complexity index is 868. The first-order valence-corrected chi connectivity index (χ1v) is 7.30. The molecule has 0 spiro atoms. The van der Waals surface area contributed by atoms with Crippen molar-refractivity contribution < 1.29 is 4.39 Å². The molecule has 0 saturated carbocycles. The van der Waals surface area contributed by atoms with Gasteiger partial charge in [-0.2, -0.15) is 5.10 Å². The van der Waals surface area contributed by atoms with Crippen LogP contribution in [-0.2, 0) is 6.54 Å². The van der Waals surface area contributed by atoms with Gasteiger partial charge >= 0.3 is 0 Å². The Kier molecular flexibility index (Phi) is 3.75. The molecule has 0 radical (unpaired) electrons. The average molecular weight is 300 g/mol. The first-order chi connectivity index (χ1) is 10.6. The van der Waals surface area contributed by atoms with E-state index in [1.165, 1.54) is 23.3 Å². The van der Waals surface area contributed by atoms with E-state index in [9.17, 15) is 9.18 Å². The van der Waals surface area contributed by atoms with Crippen LogP contribution in [0.5, 0.6) is 0 Å². The van der Waals surface area contributed by atoms with Crippen LogP contribution in [0.3, 0.4) is 0 Å². The van der Waals surface area contributed by atoms with E-state index in [2.05, 4.69) is 23.9 Å². The highest BCUT2D eigenvalue weighted by Gasteiger charge is 2.14. The molecule has 0 fully saturated rings. The van der Waals surface area contributed by atoms with Crippen LogP contribution in [0.15, 0.2) is 41.6 Å². The number of nitrogens with zero attached hydrogens (tertiary/aromatic N) is 4. The third-order valence-corrected chi connectivity index (χ3v) is 3.84. The van der Waals surface area contributed by atoms with Crippen molar-refractivity contribution in [3.8, 4) is 5.69 Å². The van der Waals surface area contributed by atoms with Crippen LogP contribution in [0.2, 0.25) is 0 Å². The first kappa shape index (κ1) is 14.4. The van der Waals surface area contributed by atoms with Crippen LogP contribution in [0.25, 0.3) is 16.7 Å². The third kappa shape index (κ3) is 2.41. The van der Waals surface area contributed by atoms with Gasteiger partial charge in [-0.15, -0.1) is 0 Å². The molecule has 22 heavy (non-hydrogen) atoms. The minimum absolute atomic E-state index is 0.145. The predicted octanol–water partition coefficient (Wildman–Crippen LogP) is 2.77. The number of hydrogen-bond donors (Lipinski definition) is 0. The lowest BCUT2D eigenvalue weighted by atomic mass is 10.1. The van der Waals surface area contributed by atoms with Crippen molar-refractivity contribution in [2.45, 2.75) is 26.8 Å². The van der Waals surface area contributed by atoms with E-state index in [1.807, 2.05) is 0 Å². The SMILES string of the molecule is CCC(C)Cn1cnc2c(cnn2-c2ccccc2F)c1=O. The van der Waals surface area contributed by atoms with Crippen molar-refractivity contribution >= 4 is 11.0 Å². The number of halogens is 1. The van der Waals surface area contributed by atoms with Gasteiger partial charge < -0.3 is 0 Å². The number of aromatic nitrogens is 4. The van der Waals surface area contributed by atoms with Gasteiger partial charge in [-0.25, -0.2) is 14.1 Å². The quantitative estimate of drug-likeness (QED) is 0.744. The van der Waals surface area contributed by atoms with E-state index in [4.69, 9.17) is 0 Å². The van der Waals surface area contributed by atoms with Gasteiger partial charge in [-0.05, 0) is 18.1 Å². The zero-order valence-corrected chi connectivity index (χ0v) is 12.5. The molecule has 0 aliphatic carbocycles. The summed E-state index contributed by atoms with van der Waals surface area (Å²) in [6.45, 7) is 4.78. The Hall–Kier alpha value is -2.50. The van der Waals surface area contributed by atoms with Crippen LogP contribution in [0.4, 0.5) is 4.39 Å². The molecule has 0 aliphatic rings. The molecule has 1 aromatic carbocycles. The second-order valence-corrected chi connectivity index (χ2v) is 5.46. The molecule has 5 nitrogen and oxygen atoms in total. The zero-order chi connectivity index (χ0) is 15.7. The molecule has 2 aromatic heterocycles. The zero-order valence-electron chi connectivity index (χ0n) is 12.5. The lowest BCUT2D eigenvalue weighted by Gasteiger charge is -2.10. The van der Waals surface area contributed by atoms with Crippen molar-refractivity contribution in [1.82, 2.24) is 19.3 Å². The summed E-state index contributed by atoms with van der Waals surface area (Å²) in [5, 5.41) is 4.53. The third-order valence-electron chi connectivity index (χ3n) is 3.84. The average Bonchev–Trinajstić information content (AvgIpc) is 2.95. The second-order valence-electron chi connectivity index (χ2n) is 5.46. The van der Waals surface area contributed by atoms with Crippen LogP contribution < -0.4 is 5.56 Å². The summed E-state index contributed by atoms with van der Waals surface area (Å²) in [6, 6.07) is 6.29. The summed E-state index contributed by atoms with van der Waals surface area (Å²) in [7, 11) is 0. The molecular formula is C16H17FN4O. The van der Waals surface area contributed by atoms with Crippen LogP contribution >= 0.6 is 0 Å². The van der Waals surface area contributed by atoms with Gasteiger partial charge in [0, 0.05) is 6.54 Å². The summed E-state index contributed by atoms with van der Waals surface area (Å²) in [4.78, 5) is 16.8. The van der Waals surface area contributed by atoms with E-state index in [1.54, 1.807) is 22.8 Å². The maximum Gasteiger partial charge on any atom is 0.264 e. The molecule has 0 bridgehead atoms. The minimum atomic E-state index is -0.405. The van der Waals surface area contributed by atoms with E-state index >= 15 is 0 Å². The highest BCUT2D eigenvalue weighted by Crippen LogP contribution is 2.16. The van der Waals surface area contributed by atoms with Crippen molar-refractivity contribution in [2.24, 2.45) is 5.92 Å². The lowest BCUT2D eigenvalue weighted by molar-refractivity contribution is 0.458. The normalized spacial score (nSPS) is 12.7. The molecule has 3 aromatic rings. The summed E-state index contributed by atoms with van der Waals surface area (Å²) in [6.07, 6.45) is 3.94. The Morgan fingerprint density at radius 3 is 2.82 bits per heavy atom. The molecule has 114 valence electrons. The number of para-hydroxylation sites is 1. The second kappa shape index (κ2) is 5.71. The molecule has 1 atom stereocenters. The van der Waals surface area contributed by atoms with Gasteiger partial charge in [0.15, 0.2) is 5.65 Å². The maximum absolute atomic E-state index is 13.9. The van der Waals surface area contributed by atoms with Gasteiger partial charge in [0.1, 0.15) is 16.9 Å². The van der Waals surface area contributed by atoms with Crippen molar-refractivity contribution in [1.29, 1.82) is 0 Å². The Labute approximate surface area is 127 Å². The molecular weight excluding hydrogens is 283 g/mol. The van der Waals surface area contributed by atoms with Gasteiger partial charge in [0.25, 0.3) is 5.56 Å². The molecule has 3 rings (SSSR count). The smallest absolute Gasteiger partial charge is 0.264 e. The maximum atomic E-state index is 13.9. The van der Waals surface area contributed by atoms with Crippen LogP contribution in [-0.4, -0.2) is 19.3 Å². The van der Waals surface area contributed by atoms with E-state index < -0.39 is 5.82 Å². The van der Waals surface area contributed by atoms with E-state index in [0.717, 1.165) is 6.42 Å². The predicted molar refractivity (Wildman–Crippen MR) is 82.5 cm³/mol. The minimum Gasteiger partial charge on any atom is -0.298 e. The molecule has 0 aliphatic heterocycles. The Morgan fingerprint density at radius 1 is 1.32 bits per heavy atom. The molecule has 0 saturated heterocycles. The monoisotopic (exact) mass is 300 g/mol. The molecule has 2 heterocycles. The number of benzene rings is 1. The topological polar surface area (TPSA) is 52.7 Å². The van der Waals surface area contributed by atoms with Crippen molar-refractivity contribution in [3.63, 3.8) is 0 Å².